The summed E-state index contributed by atoms with van der Waals surface area (Å²) in [5.74, 6) is -1.05. The van der Waals surface area contributed by atoms with Gasteiger partial charge in [-0.05, 0) is 28.1 Å². The number of benzene rings is 1. The van der Waals surface area contributed by atoms with E-state index in [2.05, 4.69) is 25.4 Å². The summed E-state index contributed by atoms with van der Waals surface area (Å²) in [5.41, 5.74) is -0.133. The quantitative estimate of drug-likeness (QED) is 0.634. The number of alkyl halides is 2. The van der Waals surface area contributed by atoms with Crippen molar-refractivity contribution in [1.29, 1.82) is 0 Å². The molecular weight excluding hydrogens is 302 g/mol. The number of rotatable bonds is 4. The minimum absolute atomic E-state index is 0.0125. The molecule has 4 nitrogen and oxygen atoms in total. The zero-order valence-corrected chi connectivity index (χ0v) is 10.2. The van der Waals surface area contributed by atoms with Crippen molar-refractivity contribution >= 4 is 28.2 Å². The van der Waals surface area contributed by atoms with E-state index in [0.717, 1.165) is 13.2 Å². The largest absolute Gasteiger partial charge is 0.465 e. The Morgan fingerprint density at radius 3 is 2.59 bits per heavy atom. The molecule has 1 aromatic rings. The molecule has 0 amide bonds. The molecule has 0 heterocycles. The van der Waals surface area contributed by atoms with Crippen molar-refractivity contribution in [2.24, 2.45) is 0 Å². The smallest absolute Gasteiger partial charge is 0.387 e. The van der Waals surface area contributed by atoms with Gasteiger partial charge in [-0.3, -0.25) is 4.79 Å². The van der Waals surface area contributed by atoms with Crippen LogP contribution >= 0.6 is 15.9 Å². The van der Waals surface area contributed by atoms with Crippen LogP contribution < -0.4 is 4.74 Å². The Morgan fingerprint density at radius 1 is 1.47 bits per heavy atom. The van der Waals surface area contributed by atoms with Crippen molar-refractivity contribution in [3.05, 3.63) is 27.7 Å². The number of carbonyl (C=O) groups excluding carboxylic acids is 2. The molecule has 0 aliphatic carbocycles. The zero-order valence-electron chi connectivity index (χ0n) is 8.58. The molecule has 0 atom stereocenters. The lowest BCUT2D eigenvalue weighted by Gasteiger charge is -2.09. The van der Waals surface area contributed by atoms with Gasteiger partial charge in [0, 0.05) is 10.0 Å². The highest BCUT2D eigenvalue weighted by Gasteiger charge is 2.17. The number of carbonyl (C=O) groups is 2. The van der Waals surface area contributed by atoms with E-state index in [-0.39, 0.29) is 21.3 Å². The summed E-state index contributed by atoms with van der Waals surface area (Å²) in [6.45, 7) is -3.02. The first-order valence-electron chi connectivity index (χ1n) is 4.31. The van der Waals surface area contributed by atoms with Crippen LogP contribution in [0.1, 0.15) is 20.7 Å². The van der Waals surface area contributed by atoms with Crippen molar-refractivity contribution in [2.75, 3.05) is 7.11 Å². The molecule has 0 radical (unpaired) electrons. The number of halogens is 3. The van der Waals surface area contributed by atoms with Crippen LogP contribution in [-0.4, -0.2) is 26.0 Å². The van der Waals surface area contributed by atoms with Crippen LogP contribution in [0.2, 0.25) is 0 Å². The predicted octanol–water partition coefficient (Wildman–Crippen LogP) is 2.65. The van der Waals surface area contributed by atoms with Gasteiger partial charge in [-0.1, -0.05) is 0 Å². The van der Waals surface area contributed by atoms with Gasteiger partial charge < -0.3 is 9.47 Å². The summed E-state index contributed by atoms with van der Waals surface area (Å²) in [6, 6.07) is 2.19. The van der Waals surface area contributed by atoms with Crippen molar-refractivity contribution in [3.63, 3.8) is 0 Å². The van der Waals surface area contributed by atoms with E-state index in [9.17, 15) is 18.4 Å². The summed E-state index contributed by atoms with van der Waals surface area (Å²) in [5, 5.41) is 0. The van der Waals surface area contributed by atoms with Crippen LogP contribution in [0.25, 0.3) is 0 Å². The fourth-order valence-electron chi connectivity index (χ4n) is 1.16. The number of aldehydes is 1. The molecule has 0 fully saturated rings. The van der Waals surface area contributed by atoms with Gasteiger partial charge in [-0.2, -0.15) is 8.78 Å². The van der Waals surface area contributed by atoms with Crippen LogP contribution in [0.5, 0.6) is 5.75 Å². The SMILES string of the molecule is COC(=O)c1cc(OC(F)F)cc(Br)c1C=O. The third-order valence-corrected chi connectivity index (χ3v) is 2.51. The molecule has 0 aliphatic rings. The number of esters is 1. The van der Waals surface area contributed by atoms with Crippen molar-refractivity contribution < 1.29 is 27.8 Å². The molecule has 1 aromatic carbocycles. The summed E-state index contributed by atoms with van der Waals surface area (Å²) in [6.07, 6.45) is 0.419. The van der Waals surface area contributed by atoms with Gasteiger partial charge in [0.05, 0.1) is 12.7 Å². The van der Waals surface area contributed by atoms with Gasteiger partial charge in [0.25, 0.3) is 0 Å². The fourth-order valence-corrected chi connectivity index (χ4v) is 1.70. The van der Waals surface area contributed by atoms with E-state index in [0.29, 0.717) is 6.29 Å². The molecule has 0 saturated heterocycles. The van der Waals surface area contributed by atoms with Crippen LogP contribution in [0.3, 0.4) is 0 Å². The number of hydrogen-bond donors (Lipinski definition) is 0. The fraction of sp³-hybridized carbons (Fsp3) is 0.200. The van der Waals surface area contributed by atoms with Gasteiger partial charge in [-0.15, -0.1) is 0 Å². The second kappa shape index (κ2) is 5.72. The van der Waals surface area contributed by atoms with Crippen molar-refractivity contribution in [3.8, 4) is 5.75 Å². The molecule has 0 saturated carbocycles. The third-order valence-electron chi connectivity index (χ3n) is 1.85. The van der Waals surface area contributed by atoms with Crippen LogP contribution in [0, 0.1) is 0 Å². The van der Waals surface area contributed by atoms with Gasteiger partial charge >= 0.3 is 12.6 Å². The average molecular weight is 309 g/mol. The Bertz CT molecular complexity index is 448. The second-order valence-corrected chi connectivity index (χ2v) is 3.71. The summed E-state index contributed by atoms with van der Waals surface area (Å²) >= 11 is 2.98. The molecule has 0 aliphatic heterocycles. The van der Waals surface area contributed by atoms with Crippen LogP contribution in [0.15, 0.2) is 16.6 Å². The van der Waals surface area contributed by atoms with Crippen molar-refractivity contribution in [2.45, 2.75) is 6.61 Å². The lowest BCUT2D eigenvalue weighted by molar-refractivity contribution is -0.0499. The molecule has 0 aromatic heterocycles. The Kier molecular flexibility index (Phi) is 4.56. The second-order valence-electron chi connectivity index (χ2n) is 2.85. The van der Waals surface area contributed by atoms with Crippen LogP contribution in [0.4, 0.5) is 8.78 Å². The summed E-state index contributed by atoms with van der Waals surface area (Å²) in [4.78, 5) is 22.1. The molecule has 0 bridgehead atoms. The lowest BCUT2D eigenvalue weighted by atomic mass is 10.1. The summed E-state index contributed by atoms with van der Waals surface area (Å²) in [7, 11) is 1.12. The van der Waals surface area contributed by atoms with Crippen LogP contribution in [-0.2, 0) is 4.74 Å². The standard InChI is InChI=1S/C10H7BrF2O4/c1-16-9(15)6-2-5(17-10(12)13)3-8(11)7(6)4-14/h2-4,10H,1H3. The maximum Gasteiger partial charge on any atom is 0.387 e. The monoisotopic (exact) mass is 308 g/mol. The van der Waals surface area contributed by atoms with Gasteiger partial charge in [-0.25, -0.2) is 4.79 Å². The first kappa shape index (κ1) is 13.6. The molecule has 0 spiro atoms. The third kappa shape index (κ3) is 3.23. The van der Waals surface area contributed by atoms with E-state index in [1.165, 1.54) is 6.07 Å². The van der Waals surface area contributed by atoms with Gasteiger partial charge in [0.15, 0.2) is 6.29 Å². The highest BCUT2D eigenvalue weighted by Crippen LogP contribution is 2.27. The predicted molar refractivity (Wildman–Crippen MR) is 57.5 cm³/mol. The molecular formula is C10H7BrF2O4. The first-order valence-corrected chi connectivity index (χ1v) is 5.10. The van der Waals surface area contributed by atoms with E-state index in [1.807, 2.05) is 0 Å². The molecule has 1 rings (SSSR count). The molecule has 92 valence electrons. The Labute approximate surface area is 104 Å². The number of hydrogen-bond acceptors (Lipinski definition) is 4. The number of methoxy groups -OCH3 is 1. The Morgan fingerprint density at radius 2 is 2.12 bits per heavy atom. The average Bonchev–Trinajstić information content (AvgIpc) is 2.26. The minimum atomic E-state index is -3.02. The van der Waals surface area contributed by atoms with Crippen molar-refractivity contribution in [1.82, 2.24) is 0 Å². The molecule has 7 heteroatoms. The lowest BCUT2D eigenvalue weighted by Crippen LogP contribution is -2.08. The van der Waals surface area contributed by atoms with Gasteiger partial charge in [0.1, 0.15) is 5.75 Å². The Balaban J connectivity index is 3.28. The zero-order chi connectivity index (χ0) is 13.0. The van der Waals surface area contributed by atoms with Gasteiger partial charge in [0.2, 0.25) is 0 Å². The van der Waals surface area contributed by atoms with E-state index in [4.69, 9.17) is 0 Å². The minimum Gasteiger partial charge on any atom is -0.465 e. The summed E-state index contributed by atoms with van der Waals surface area (Å²) < 4.78 is 32.8. The highest BCUT2D eigenvalue weighted by molar-refractivity contribution is 9.10. The van der Waals surface area contributed by atoms with E-state index < -0.39 is 12.6 Å². The van der Waals surface area contributed by atoms with E-state index >= 15 is 0 Å². The maximum absolute atomic E-state index is 12.0. The maximum atomic E-state index is 12.0. The topological polar surface area (TPSA) is 52.6 Å². The molecule has 17 heavy (non-hydrogen) atoms. The molecule has 0 N–H and O–H groups in total. The Hall–Kier alpha value is -1.50. The molecule has 0 unspecified atom stereocenters. The number of ether oxygens (including phenoxy) is 2. The first-order chi connectivity index (χ1) is 7.99. The van der Waals surface area contributed by atoms with E-state index in [1.54, 1.807) is 0 Å². The highest BCUT2D eigenvalue weighted by atomic mass is 79.9. The normalized spacial score (nSPS) is 10.2.